The minimum absolute atomic E-state index is 0.0294. The van der Waals surface area contributed by atoms with Gasteiger partial charge in [0.05, 0.1) is 26.3 Å². The summed E-state index contributed by atoms with van der Waals surface area (Å²) in [7, 11) is 2.49. The molecule has 4 aromatic carbocycles. The van der Waals surface area contributed by atoms with Gasteiger partial charge in [-0.3, -0.25) is 19.2 Å². The van der Waals surface area contributed by atoms with Crippen LogP contribution in [-0.2, 0) is 35.1 Å². The molecule has 4 aromatic rings. The fourth-order valence-electron chi connectivity index (χ4n) is 9.89. The number of alkyl carbamates (subject to hydrolysis) is 2. The predicted octanol–water partition coefficient (Wildman–Crippen LogP) is 8.59. The number of likely N-dealkylation sites (tertiary alicyclic amines) is 2. The molecule has 0 aliphatic carbocycles. The molecule has 0 spiro atoms. The topological polar surface area (TPSA) is 179 Å². The van der Waals surface area contributed by atoms with Crippen LogP contribution in [0.25, 0.3) is 0 Å². The van der Waals surface area contributed by atoms with E-state index in [0.29, 0.717) is 62.1 Å². The summed E-state index contributed by atoms with van der Waals surface area (Å²) in [6.45, 7) is 4.83. The Hall–Kier alpha value is -6.90. The number of hydrogen-bond donors (Lipinski definition) is 4. The van der Waals surface area contributed by atoms with E-state index in [9.17, 15) is 28.8 Å². The van der Waals surface area contributed by atoms with Gasteiger partial charge in [-0.15, -0.1) is 0 Å². The third kappa shape index (κ3) is 11.6. The molecule has 3 fully saturated rings. The first kappa shape index (κ1) is 49.0. The number of rotatable bonds is 17. The summed E-state index contributed by atoms with van der Waals surface area (Å²) in [6, 6.07) is 30.6. The molecule has 3 heterocycles. The zero-order chi connectivity index (χ0) is 48.2. The van der Waals surface area contributed by atoms with Gasteiger partial charge < -0.3 is 45.4 Å². The number of carbonyl (C=O) groups excluding carboxylic acids is 6. The molecule has 3 aliphatic rings. The fraction of sp³-hybridized carbons (Fsp3) is 0.434. The molecule has 0 saturated carbocycles. The lowest BCUT2D eigenvalue weighted by atomic mass is 10.0. The van der Waals surface area contributed by atoms with Gasteiger partial charge in [0, 0.05) is 30.2 Å². The summed E-state index contributed by atoms with van der Waals surface area (Å²) in [5, 5.41) is 11.3. The van der Waals surface area contributed by atoms with Crippen LogP contribution >= 0.6 is 0 Å². The van der Waals surface area contributed by atoms with Crippen molar-refractivity contribution in [1.29, 1.82) is 0 Å². The molecule has 3 saturated heterocycles. The number of methoxy groups -OCH3 is 2. The van der Waals surface area contributed by atoms with E-state index in [4.69, 9.17) is 9.47 Å². The van der Waals surface area contributed by atoms with E-state index in [1.165, 1.54) is 32.6 Å². The Bertz CT molecular complexity index is 2360. The number of unbranched alkanes of at least 4 members (excludes halogenated alkanes) is 2. The minimum Gasteiger partial charge on any atom is -0.453 e. The molecule has 7 rings (SSSR count). The Morgan fingerprint density at radius 3 is 1.62 bits per heavy atom. The number of hydrogen-bond acceptors (Lipinski definition) is 9. The first-order valence-corrected chi connectivity index (χ1v) is 24.1. The molecule has 15 nitrogen and oxygen atoms in total. The van der Waals surface area contributed by atoms with Crippen LogP contribution in [0.5, 0.6) is 0 Å². The maximum absolute atomic E-state index is 13.9. The molecular formula is C53H65N7O8. The van der Waals surface area contributed by atoms with E-state index < -0.39 is 36.4 Å². The van der Waals surface area contributed by atoms with E-state index in [1.54, 1.807) is 41.0 Å². The number of nitrogens with one attached hydrogen (secondary N) is 4. The lowest BCUT2D eigenvalue weighted by molar-refractivity contribution is -0.138. The summed E-state index contributed by atoms with van der Waals surface area (Å²) in [4.78, 5) is 84.6. The second-order valence-electron chi connectivity index (χ2n) is 17.8. The third-order valence-corrected chi connectivity index (χ3v) is 13.5. The van der Waals surface area contributed by atoms with Crippen molar-refractivity contribution in [1.82, 2.24) is 20.4 Å². The van der Waals surface area contributed by atoms with Crippen molar-refractivity contribution in [3.63, 3.8) is 0 Å². The van der Waals surface area contributed by atoms with Crippen LogP contribution in [0.15, 0.2) is 103 Å². The average Bonchev–Trinajstić information content (AvgIpc) is 4.17. The number of benzene rings is 4. The molecule has 3 aliphatic heterocycles. The SMILES string of the molecule is CCCCCc1ccc(N2[C@H](c3ccc(NC(=O)[C@@H]4CCCN4C(=O)[C@H](CC)NC(=O)OC)cc3)CC[C@H]2c2ccc(NC(=O)[C@@H]3CCCN3C(=O)[C@@H](NC(=O)OC)c3ccccc3)cc2)cc1. The van der Waals surface area contributed by atoms with E-state index >= 15 is 0 Å². The molecule has 0 aromatic heterocycles. The second-order valence-corrected chi connectivity index (χ2v) is 17.8. The second kappa shape index (κ2) is 23.2. The molecule has 6 atom stereocenters. The van der Waals surface area contributed by atoms with Gasteiger partial charge >= 0.3 is 12.2 Å². The van der Waals surface area contributed by atoms with Crippen molar-refractivity contribution in [3.05, 3.63) is 125 Å². The maximum Gasteiger partial charge on any atom is 0.407 e. The van der Waals surface area contributed by atoms with Crippen molar-refractivity contribution in [2.75, 3.05) is 42.8 Å². The number of ether oxygens (including phenoxy) is 2. The molecule has 360 valence electrons. The Morgan fingerprint density at radius 2 is 1.12 bits per heavy atom. The van der Waals surface area contributed by atoms with Gasteiger partial charge in [0.2, 0.25) is 17.7 Å². The first-order chi connectivity index (χ1) is 33.0. The normalized spacial score (nSPS) is 19.7. The van der Waals surface area contributed by atoms with Crippen LogP contribution in [0.2, 0.25) is 0 Å². The highest BCUT2D eigenvalue weighted by molar-refractivity contribution is 6.00. The van der Waals surface area contributed by atoms with Crippen LogP contribution in [0.4, 0.5) is 26.7 Å². The summed E-state index contributed by atoms with van der Waals surface area (Å²) >= 11 is 0. The average molecular weight is 928 g/mol. The number of nitrogens with zero attached hydrogens (tertiary/aromatic N) is 3. The summed E-state index contributed by atoms with van der Waals surface area (Å²) in [6.07, 6.45) is 7.59. The highest BCUT2D eigenvalue weighted by Crippen LogP contribution is 2.47. The monoisotopic (exact) mass is 927 g/mol. The minimum atomic E-state index is -1.00. The smallest absolute Gasteiger partial charge is 0.407 e. The van der Waals surface area contributed by atoms with Gasteiger partial charge in [-0.2, -0.15) is 0 Å². The Balaban J connectivity index is 1.05. The quantitative estimate of drug-likeness (QED) is 0.0755. The molecule has 4 N–H and O–H groups in total. The molecule has 15 heteroatoms. The maximum atomic E-state index is 13.9. The standard InChI is InChI=1S/C53H65N7O8/c1-5-7-9-14-35-19-29-41(30-20-35)60-43(36-21-25-39(26-22-36)54-48(61)45-17-12-33-58(45)50(63)42(6-2)56-52(65)67-3)31-32-44(60)37-23-27-40(28-24-37)55-49(62)46-18-13-34-59(46)51(64)47(57-53(66)68-4)38-15-10-8-11-16-38/h8,10-11,15-16,19-30,42-47H,5-7,9,12-14,17-18,31-34H2,1-4H3,(H,54,61)(H,55,62)(H,56,65)(H,57,66)/t42-,43-,44-,45-,46-,47-/m0/s1. The van der Waals surface area contributed by atoms with Gasteiger partial charge in [0.1, 0.15) is 24.2 Å². The fourth-order valence-corrected chi connectivity index (χ4v) is 9.89. The zero-order valence-electron chi connectivity index (χ0n) is 39.6. The van der Waals surface area contributed by atoms with E-state index in [1.807, 2.05) is 30.3 Å². The van der Waals surface area contributed by atoms with Crippen LogP contribution in [0.1, 0.15) is 118 Å². The number of carbonyl (C=O) groups is 6. The molecule has 0 bridgehead atoms. The van der Waals surface area contributed by atoms with Crippen molar-refractivity contribution in [3.8, 4) is 0 Å². The van der Waals surface area contributed by atoms with Gasteiger partial charge in [-0.1, -0.05) is 93.4 Å². The highest BCUT2D eigenvalue weighted by atomic mass is 16.5. The lowest BCUT2D eigenvalue weighted by Crippen LogP contribution is -2.52. The highest BCUT2D eigenvalue weighted by Gasteiger charge is 2.40. The molecule has 68 heavy (non-hydrogen) atoms. The summed E-state index contributed by atoms with van der Waals surface area (Å²) in [5.41, 5.74) is 6.45. The molecule has 6 amide bonds. The molecular weight excluding hydrogens is 863 g/mol. The van der Waals surface area contributed by atoms with Crippen molar-refractivity contribution in [2.45, 2.75) is 121 Å². The third-order valence-electron chi connectivity index (χ3n) is 13.5. The first-order valence-electron chi connectivity index (χ1n) is 24.1. The molecule has 0 radical (unpaired) electrons. The molecule has 0 unspecified atom stereocenters. The Kier molecular flexibility index (Phi) is 16.7. The van der Waals surface area contributed by atoms with Crippen LogP contribution in [-0.4, -0.2) is 91.0 Å². The van der Waals surface area contributed by atoms with Gasteiger partial charge in [-0.25, -0.2) is 9.59 Å². The zero-order valence-corrected chi connectivity index (χ0v) is 39.6. The van der Waals surface area contributed by atoms with Gasteiger partial charge in [0.25, 0.3) is 5.91 Å². The lowest BCUT2D eigenvalue weighted by Gasteiger charge is -2.33. The van der Waals surface area contributed by atoms with Crippen LogP contribution in [0, 0.1) is 0 Å². The van der Waals surface area contributed by atoms with Crippen LogP contribution < -0.4 is 26.2 Å². The van der Waals surface area contributed by atoms with Crippen LogP contribution in [0.3, 0.4) is 0 Å². The van der Waals surface area contributed by atoms with E-state index in [0.717, 1.165) is 42.5 Å². The van der Waals surface area contributed by atoms with Gasteiger partial charge in [0.15, 0.2) is 0 Å². The predicted molar refractivity (Wildman–Crippen MR) is 261 cm³/mol. The van der Waals surface area contributed by atoms with Crippen molar-refractivity contribution < 1.29 is 38.2 Å². The summed E-state index contributed by atoms with van der Waals surface area (Å²) in [5.74, 6) is -1.23. The number of amides is 6. The van der Waals surface area contributed by atoms with Crippen molar-refractivity contribution in [2.24, 2.45) is 0 Å². The Labute approximate surface area is 399 Å². The van der Waals surface area contributed by atoms with Crippen molar-refractivity contribution >= 4 is 52.9 Å². The van der Waals surface area contributed by atoms with Gasteiger partial charge in [-0.05, 0) is 116 Å². The largest absolute Gasteiger partial charge is 0.453 e. The number of anilines is 3. The number of aryl methyl sites for hydroxylation is 1. The Morgan fingerprint density at radius 1 is 0.603 bits per heavy atom. The van der Waals surface area contributed by atoms with E-state index in [2.05, 4.69) is 81.6 Å². The van der Waals surface area contributed by atoms with E-state index in [-0.39, 0.29) is 35.7 Å². The summed E-state index contributed by atoms with van der Waals surface area (Å²) < 4.78 is 9.52.